The number of fused-ring (bicyclic) bond motifs is 1. The zero-order chi connectivity index (χ0) is 25.5. The highest BCUT2D eigenvalue weighted by Gasteiger charge is 2.19. The predicted octanol–water partition coefficient (Wildman–Crippen LogP) is 1.49. The van der Waals surface area contributed by atoms with Crippen molar-refractivity contribution in [2.45, 2.75) is 32.9 Å². The van der Waals surface area contributed by atoms with Gasteiger partial charge in [0.25, 0.3) is 5.56 Å². The van der Waals surface area contributed by atoms with Gasteiger partial charge in [0.1, 0.15) is 23.7 Å². The molecule has 36 heavy (non-hydrogen) atoms. The van der Waals surface area contributed by atoms with Crippen LogP contribution in [0.15, 0.2) is 35.4 Å². The van der Waals surface area contributed by atoms with Crippen molar-refractivity contribution in [2.75, 3.05) is 46.6 Å². The number of hydrogen-bond acceptors (Lipinski definition) is 9. The van der Waals surface area contributed by atoms with Gasteiger partial charge in [0, 0.05) is 37.9 Å². The van der Waals surface area contributed by atoms with Gasteiger partial charge in [-0.25, -0.2) is 9.97 Å². The normalized spacial score (nSPS) is 14.2. The number of carbonyl (C=O) groups is 1. The fraction of sp³-hybridized carbons (Fsp3) is 0.480. The number of nitrogens with one attached hydrogen (secondary N) is 1. The van der Waals surface area contributed by atoms with Gasteiger partial charge in [0.05, 0.1) is 38.5 Å². The van der Waals surface area contributed by atoms with Crippen LogP contribution in [0.5, 0.6) is 11.5 Å². The Morgan fingerprint density at radius 1 is 1.19 bits per heavy atom. The van der Waals surface area contributed by atoms with Crippen LogP contribution in [0.2, 0.25) is 0 Å². The van der Waals surface area contributed by atoms with Gasteiger partial charge in [-0.3, -0.25) is 24.0 Å². The first-order chi connectivity index (χ1) is 17.4. The SMILES string of the molecule is COc1ccnc(-c2nc3ncc(OCCCN4CCOCC4)cc3c(=O)n2CC(=O)NC(C)C)c1. The van der Waals surface area contributed by atoms with Crippen molar-refractivity contribution in [2.24, 2.45) is 0 Å². The minimum absolute atomic E-state index is 0.0702. The maximum Gasteiger partial charge on any atom is 0.263 e. The van der Waals surface area contributed by atoms with Gasteiger partial charge >= 0.3 is 0 Å². The summed E-state index contributed by atoms with van der Waals surface area (Å²) in [7, 11) is 1.54. The molecule has 4 heterocycles. The molecule has 0 spiro atoms. The highest BCUT2D eigenvalue weighted by atomic mass is 16.5. The van der Waals surface area contributed by atoms with Crippen LogP contribution >= 0.6 is 0 Å². The maximum absolute atomic E-state index is 13.6. The van der Waals surface area contributed by atoms with Gasteiger partial charge in [-0.2, -0.15) is 0 Å². The summed E-state index contributed by atoms with van der Waals surface area (Å²) in [5, 5.41) is 3.09. The molecule has 1 N–H and O–H groups in total. The summed E-state index contributed by atoms with van der Waals surface area (Å²) in [5.74, 6) is 0.966. The van der Waals surface area contributed by atoms with Crippen molar-refractivity contribution in [3.05, 3.63) is 40.9 Å². The lowest BCUT2D eigenvalue weighted by Gasteiger charge is -2.26. The third kappa shape index (κ3) is 6.35. The molecule has 1 aliphatic rings. The molecule has 11 heteroatoms. The summed E-state index contributed by atoms with van der Waals surface area (Å²) < 4.78 is 17.9. The van der Waals surface area contributed by atoms with Gasteiger partial charge in [-0.05, 0) is 32.4 Å². The number of hydrogen-bond donors (Lipinski definition) is 1. The second-order valence-electron chi connectivity index (χ2n) is 8.83. The Balaban J connectivity index is 1.61. The van der Waals surface area contributed by atoms with E-state index in [1.54, 1.807) is 37.7 Å². The smallest absolute Gasteiger partial charge is 0.263 e. The topological polar surface area (TPSA) is 121 Å². The standard InChI is InChI=1S/C25H32N6O5/c1-17(2)28-22(32)16-31-24(21-14-18(34-3)5-6-26-21)29-23-20(25(31)33)13-19(15-27-23)36-10-4-7-30-8-11-35-12-9-30/h5-6,13-15,17H,4,7-12,16H2,1-3H3,(H,28,32). The molecule has 1 amide bonds. The Labute approximate surface area is 209 Å². The molecule has 0 atom stereocenters. The Kier molecular flexibility index (Phi) is 8.44. The molecule has 0 bridgehead atoms. The molecule has 0 saturated carbocycles. The summed E-state index contributed by atoms with van der Waals surface area (Å²) in [4.78, 5) is 41.8. The third-order valence-electron chi connectivity index (χ3n) is 5.72. The summed E-state index contributed by atoms with van der Waals surface area (Å²) >= 11 is 0. The molecule has 4 rings (SSSR count). The molecular formula is C25H32N6O5. The van der Waals surface area contributed by atoms with E-state index in [0.717, 1.165) is 39.3 Å². The first-order valence-corrected chi connectivity index (χ1v) is 12.1. The highest BCUT2D eigenvalue weighted by Crippen LogP contribution is 2.22. The Morgan fingerprint density at radius 2 is 2.00 bits per heavy atom. The number of amides is 1. The molecule has 11 nitrogen and oxygen atoms in total. The molecule has 3 aromatic heterocycles. The summed E-state index contributed by atoms with van der Waals surface area (Å²) in [6.45, 7) is 8.30. The highest BCUT2D eigenvalue weighted by molar-refractivity contribution is 5.80. The van der Waals surface area contributed by atoms with E-state index in [4.69, 9.17) is 14.2 Å². The molecule has 0 radical (unpaired) electrons. The number of methoxy groups -OCH3 is 1. The van der Waals surface area contributed by atoms with E-state index in [9.17, 15) is 9.59 Å². The van der Waals surface area contributed by atoms with Crippen molar-refractivity contribution in [3.63, 3.8) is 0 Å². The Morgan fingerprint density at radius 3 is 2.75 bits per heavy atom. The lowest BCUT2D eigenvalue weighted by atomic mass is 10.2. The zero-order valence-corrected chi connectivity index (χ0v) is 20.9. The van der Waals surface area contributed by atoms with Gasteiger partial charge in [0.2, 0.25) is 5.91 Å². The number of nitrogens with zero attached hydrogens (tertiary/aromatic N) is 5. The Bertz CT molecular complexity index is 1260. The number of pyridine rings is 2. The van der Waals surface area contributed by atoms with Gasteiger partial charge < -0.3 is 19.5 Å². The van der Waals surface area contributed by atoms with Crippen LogP contribution in [0.1, 0.15) is 20.3 Å². The molecule has 1 saturated heterocycles. The first kappa shape index (κ1) is 25.5. The number of ether oxygens (including phenoxy) is 3. The van der Waals surface area contributed by atoms with E-state index in [-0.39, 0.29) is 35.4 Å². The summed E-state index contributed by atoms with van der Waals surface area (Å²) in [6, 6.07) is 4.92. The maximum atomic E-state index is 13.6. The van der Waals surface area contributed by atoms with E-state index in [0.29, 0.717) is 23.8 Å². The largest absolute Gasteiger partial charge is 0.497 e. The van der Waals surface area contributed by atoms with E-state index in [1.165, 1.54) is 4.57 Å². The van der Waals surface area contributed by atoms with Gasteiger partial charge in [0.15, 0.2) is 11.5 Å². The number of morpholine rings is 1. The van der Waals surface area contributed by atoms with Crippen molar-refractivity contribution >= 4 is 16.9 Å². The number of rotatable bonds is 10. The number of carbonyl (C=O) groups excluding carboxylic acids is 1. The van der Waals surface area contributed by atoms with Gasteiger partial charge in [-0.15, -0.1) is 0 Å². The fourth-order valence-electron chi connectivity index (χ4n) is 3.98. The monoisotopic (exact) mass is 496 g/mol. The van der Waals surface area contributed by atoms with Crippen LogP contribution in [0.4, 0.5) is 0 Å². The minimum atomic E-state index is -0.398. The second-order valence-corrected chi connectivity index (χ2v) is 8.83. The molecule has 0 unspecified atom stereocenters. The predicted molar refractivity (Wildman–Crippen MR) is 134 cm³/mol. The van der Waals surface area contributed by atoms with E-state index < -0.39 is 5.56 Å². The van der Waals surface area contributed by atoms with Crippen LogP contribution in [-0.2, 0) is 16.1 Å². The third-order valence-corrected chi connectivity index (χ3v) is 5.72. The fourth-order valence-corrected chi connectivity index (χ4v) is 3.98. The van der Waals surface area contributed by atoms with Crippen molar-refractivity contribution in [3.8, 4) is 23.0 Å². The molecule has 1 fully saturated rings. The van der Waals surface area contributed by atoms with Crippen LogP contribution < -0.4 is 20.3 Å². The van der Waals surface area contributed by atoms with Crippen molar-refractivity contribution in [1.82, 2.24) is 29.7 Å². The van der Waals surface area contributed by atoms with Gasteiger partial charge in [-0.1, -0.05) is 0 Å². The van der Waals surface area contributed by atoms with Crippen molar-refractivity contribution < 1.29 is 19.0 Å². The van der Waals surface area contributed by atoms with Crippen LogP contribution in [-0.4, -0.2) is 82.9 Å². The van der Waals surface area contributed by atoms with E-state index in [1.807, 2.05) is 13.8 Å². The van der Waals surface area contributed by atoms with Crippen LogP contribution in [0.3, 0.4) is 0 Å². The molecule has 3 aromatic rings. The second kappa shape index (κ2) is 11.9. The van der Waals surface area contributed by atoms with Crippen LogP contribution in [0, 0.1) is 0 Å². The lowest BCUT2D eigenvalue weighted by Crippen LogP contribution is -2.37. The molecule has 0 aliphatic carbocycles. The minimum Gasteiger partial charge on any atom is -0.497 e. The van der Waals surface area contributed by atoms with Crippen LogP contribution in [0.25, 0.3) is 22.6 Å². The number of aromatic nitrogens is 4. The summed E-state index contributed by atoms with van der Waals surface area (Å²) in [5.41, 5.74) is 0.251. The molecule has 192 valence electrons. The summed E-state index contributed by atoms with van der Waals surface area (Å²) in [6.07, 6.45) is 3.96. The van der Waals surface area contributed by atoms with Crippen molar-refractivity contribution in [1.29, 1.82) is 0 Å². The Hall–Kier alpha value is -3.57. The van der Waals surface area contributed by atoms with E-state index in [2.05, 4.69) is 25.2 Å². The van der Waals surface area contributed by atoms with E-state index >= 15 is 0 Å². The average molecular weight is 497 g/mol. The molecule has 0 aromatic carbocycles. The molecular weight excluding hydrogens is 464 g/mol. The zero-order valence-electron chi connectivity index (χ0n) is 20.9. The first-order valence-electron chi connectivity index (χ1n) is 12.1. The lowest BCUT2D eigenvalue weighted by molar-refractivity contribution is -0.122. The molecule has 1 aliphatic heterocycles. The quantitative estimate of drug-likeness (QED) is 0.416. The average Bonchev–Trinajstić information content (AvgIpc) is 2.88.